The number of nitrogens with zero attached hydrogens (tertiary/aromatic N) is 4. The summed E-state index contributed by atoms with van der Waals surface area (Å²) in [7, 11) is 0. The Hall–Kier alpha value is -1.51. The molecule has 0 aliphatic rings. The van der Waals surface area contributed by atoms with Crippen molar-refractivity contribution in [1.29, 1.82) is 0 Å². The molecule has 0 fully saturated rings. The minimum atomic E-state index is -0.862. The number of carboxylic acids is 1. The smallest absolute Gasteiger partial charge is 0.308 e. The van der Waals surface area contributed by atoms with E-state index in [1.807, 2.05) is 24.3 Å². The first-order valence-electron chi connectivity index (χ1n) is 5.33. The van der Waals surface area contributed by atoms with Gasteiger partial charge in [-0.1, -0.05) is 25.1 Å². The van der Waals surface area contributed by atoms with Crippen LogP contribution in [0.1, 0.15) is 6.92 Å². The highest BCUT2D eigenvalue weighted by atomic mass is 127. The summed E-state index contributed by atoms with van der Waals surface area (Å²) in [6, 6.07) is 7.70. The second-order valence-electron chi connectivity index (χ2n) is 3.90. The maximum atomic E-state index is 10.9. The average Bonchev–Trinajstić information content (AvgIpc) is 2.77. The highest BCUT2D eigenvalue weighted by Crippen LogP contribution is 2.22. The average molecular weight is 358 g/mol. The van der Waals surface area contributed by atoms with Crippen LogP contribution in [0.3, 0.4) is 0 Å². The maximum Gasteiger partial charge on any atom is 0.308 e. The standard InChI is InChI=1S/C11H11IN4O2/c1-7(11(17)18)6-16-10(13-14-15-16)8-4-2-3-5-9(8)12/h2-5,7H,6H2,1H3,(H,17,18). The molecular formula is C11H11IN4O2. The zero-order valence-electron chi connectivity index (χ0n) is 9.62. The Morgan fingerprint density at radius 3 is 2.89 bits per heavy atom. The van der Waals surface area contributed by atoms with Gasteiger partial charge >= 0.3 is 5.97 Å². The summed E-state index contributed by atoms with van der Waals surface area (Å²) >= 11 is 2.20. The minimum absolute atomic E-state index is 0.253. The molecule has 0 saturated heterocycles. The van der Waals surface area contributed by atoms with Crippen LogP contribution in [0.15, 0.2) is 24.3 Å². The fourth-order valence-electron chi connectivity index (χ4n) is 1.50. The number of aliphatic carboxylic acids is 1. The van der Waals surface area contributed by atoms with Crippen LogP contribution in [0.4, 0.5) is 0 Å². The number of carboxylic acid groups (broad SMARTS) is 1. The number of halogens is 1. The first-order chi connectivity index (χ1) is 8.59. The zero-order chi connectivity index (χ0) is 13.1. The molecule has 94 valence electrons. The van der Waals surface area contributed by atoms with E-state index in [1.165, 1.54) is 4.68 Å². The highest BCUT2D eigenvalue weighted by Gasteiger charge is 2.17. The summed E-state index contributed by atoms with van der Waals surface area (Å²) < 4.78 is 2.55. The summed E-state index contributed by atoms with van der Waals surface area (Å²) in [5, 5.41) is 20.3. The number of aromatic nitrogens is 4. The van der Waals surface area contributed by atoms with Crippen molar-refractivity contribution in [2.45, 2.75) is 13.5 Å². The molecule has 1 unspecified atom stereocenters. The second kappa shape index (κ2) is 5.42. The Kier molecular flexibility index (Phi) is 3.90. The number of rotatable bonds is 4. The molecular weight excluding hydrogens is 347 g/mol. The van der Waals surface area contributed by atoms with E-state index in [-0.39, 0.29) is 6.54 Å². The summed E-state index contributed by atoms with van der Waals surface area (Å²) in [5.41, 5.74) is 0.903. The van der Waals surface area contributed by atoms with E-state index >= 15 is 0 Å². The van der Waals surface area contributed by atoms with Crippen LogP contribution < -0.4 is 0 Å². The molecule has 7 heteroatoms. The molecule has 1 heterocycles. The monoisotopic (exact) mass is 358 g/mol. The SMILES string of the molecule is CC(Cn1nnnc1-c1ccccc1I)C(=O)O. The van der Waals surface area contributed by atoms with Gasteiger partial charge in [-0.2, -0.15) is 0 Å². The Morgan fingerprint density at radius 2 is 2.22 bits per heavy atom. The zero-order valence-corrected chi connectivity index (χ0v) is 11.8. The quantitative estimate of drug-likeness (QED) is 0.841. The number of carbonyl (C=O) groups is 1. The van der Waals surface area contributed by atoms with Gasteiger partial charge in [0.05, 0.1) is 12.5 Å². The van der Waals surface area contributed by atoms with Gasteiger partial charge < -0.3 is 5.11 Å². The molecule has 0 radical (unpaired) electrons. The van der Waals surface area contributed by atoms with E-state index in [2.05, 4.69) is 38.1 Å². The molecule has 2 aromatic rings. The van der Waals surface area contributed by atoms with Crippen LogP contribution >= 0.6 is 22.6 Å². The molecule has 0 aliphatic carbocycles. The Labute approximate surface area is 117 Å². The summed E-state index contributed by atoms with van der Waals surface area (Å²) in [4.78, 5) is 10.9. The van der Waals surface area contributed by atoms with Crippen molar-refractivity contribution in [3.05, 3.63) is 27.8 Å². The molecule has 1 aromatic carbocycles. The normalized spacial score (nSPS) is 12.3. The molecule has 1 aromatic heterocycles. The summed E-state index contributed by atoms with van der Waals surface area (Å²) in [5.74, 6) is -0.805. The van der Waals surface area contributed by atoms with Crippen LogP contribution in [-0.2, 0) is 11.3 Å². The molecule has 1 N–H and O–H groups in total. The predicted molar refractivity (Wildman–Crippen MR) is 72.8 cm³/mol. The lowest BCUT2D eigenvalue weighted by molar-refractivity contribution is -0.141. The molecule has 0 bridgehead atoms. The summed E-state index contributed by atoms with van der Waals surface area (Å²) in [6.07, 6.45) is 0. The molecule has 0 aliphatic heterocycles. The molecule has 1 atom stereocenters. The Morgan fingerprint density at radius 1 is 1.50 bits per heavy atom. The lowest BCUT2D eigenvalue weighted by Crippen LogP contribution is -2.18. The molecule has 0 saturated carbocycles. The number of benzene rings is 1. The van der Waals surface area contributed by atoms with E-state index in [0.717, 1.165) is 9.13 Å². The number of hydrogen-bond acceptors (Lipinski definition) is 4. The van der Waals surface area contributed by atoms with Crippen LogP contribution in [0.2, 0.25) is 0 Å². The van der Waals surface area contributed by atoms with E-state index in [1.54, 1.807) is 6.92 Å². The van der Waals surface area contributed by atoms with E-state index in [9.17, 15) is 4.79 Å². The van der Waals surface area contributed by atoms with Gasteiger partial charge in [0.15, 0.2) is 5.82 Å². The van der Waals surface area contributed by atoms with Crippen LogP contribution in [0.5, 0.6) is 0 Å². The molecule has 0 spiro atoms. The lowest BCUT2D eigenvalue weighted by Gasteiger charge is -2.08. The first kappa shape index (κ1) is 12.9. The van der Waals surface area contributed by atoms with Gasteiger partial charge in [0.1, 0.15) is 0 Å². The number of hydrogen-bond donors (Lipinski definition) is 1. The minimum Gasteiger partial charge on any atom is -0.481 e. The van der Waals surface area contributed by atoms with Crippen LogP contribution in [0.25, 0.3) is 11.4 Å². The van der Waals surface area contributed by atoms with E-state index < -0.39 is 11.9 Å². The van der Waals surface area contributed by atoms with Gasteiger partial charge in [0.2, 0.25) is 0 Å². The highest BCUT2D eigenvalue weighted by molar-refractivity contribution is 14.1. The lowest BCUT2D eigenvalue weighted by atomic mass is 10.1. The van der Waals surface area contributed by atoms with Gasteiger partial charge in [-0.05, 0) is 39.1 Å². The van der Waals surface area contributed by atoms with E-state index in [0.29, 0.717) is 5.82 Å². The molecule has 2 rings (SSSR count). The van der Waals surface area contributed by atoms with Crippen molar-refractivity contribution in [2.24, 2.45) is 5.92 Å². The third-order valence-corrected chi connectivity index (χ3v) is 3.46. The third-order valence-electron chi connectivity index (χ3n) is 2.52. The van der Waals surface area contributed by atoms with Crippen LogP contribution in [0, 0.1) is 9.49 Å². The second-order valence-corrected chi connectivity index (χ2v) is 5.07. The fraction of sp³-hybridized carbons (Fsp3) is 0.273. The first-order valence-corrected chi connectivity index (χ1v) is 6.41. The van der Waals surface area contributed by atoms with Gasteiger partial charge in [-0.15, -0.1) is 5.10 Å². The molecule has 18 heavy (non-hydrogen) atoms. The van der Waals surface area contributed by atoms with Crippen molar-refractivity contribution in [2.75, 3.05) is 0 Å². The van der Waals surface area contributed by atoms with Crippen molar-refractivity contribution < 1.29 is 9.90 Å². The Balaban J connectivity index is 2.34. The van der Waals surface area contributed by atoms with Crippen molar-refractivity contribution >= 4 is 28.6 Å². The van der Waals surface area contributed by atoms with Crippen molar-refractivity contribution in [3.63, 3.8) is 0 Å². The largest absolute Gasteiger partial charge is 0.481 e. The molecule has 6 nitrogen and oxygen atoms in total. The van der Waals surface area contributed by atoms with Crippen LogP contribution in [-0.4, -0.2) is 31.3 Å². The Bertz CT molecular complexity index is 570. The van der Waals surface area contributed by atoms with Crippen molar-refractivity contribution in [1.82, 2.24) is 20.2 Å². The number of tetrazole rings is 1. The predicted octanol–water partition coefficient (Wildman–Crippen LogP) is 1.67. The molecule has 0 amide bonds. The van der Waals surface area contributed by atoms with Crippen molar-refractivity contribution in [3.8, 4) is 11.4 Å². The van der Waals surface area contributed by atoms with E-state index in [4.69, 9.17) is 5.11 Å². The van der Waals surface area contributed by atoms with Gasteiger partial charge in [0.25, 0.3) is 0 Å². The topological polar surface area (TPSA) is 80.9 Å². The third kappa shape index (κ3) is 2.66. The fourth-order valence-corrected chi connectivity index (χ4v) is 2.13. The summed E-state index contributed by atoms with van der Waals surface area (Å²) in [6.45, 7) is 1.88. The van der Waals surface area contributed by atoms with Gasteiger partial charge in [0, 0.05) is 9.13 Å². The van der Waals surface area contributed by atoms with Gasteiger partial charge in [-0.25, -0.2) is 4.68 Å². The van der Waals surface area contributed by atoms with Gasteiger partial charge in [-0.3, -0.25) is 4.79 Å². The maximum absolute atomic E-state index is 10.9.